The maximum atomic E-state index is 13.1. The average molecular weight is 620 g/mol. The van der Waals surface area contributed by atoms with Crippen LogP contribution < -0.4 is 15.8 Å². The van der Waals surface area contributed by atoms with Gasteiger partial charge in [0.15, 0.2) is 0 Å². The minimum Gasteiger partial charge on any atom is -0.457 e. The molecule has 2 aromatic carbocycles. The molecular weight excluding hydrogens is 570 g/mol. The lowest BCUT2D eigenvalue weighted by Gasteiger charge is -2.28. The van der Waals surface area contributed by atoms with Crippen LogP contribution in [0, 0.1) is 17.8 Å². The van der Waals surface area contributed by atoms with E-state index in [-0.39, 0.29) is 23.7 Å². The summed E-state index contributed by atoms with van der Waals surface area (Å²) in [6.07, 6.45) is 14.3. The number of hydrogen-bond acceptors (Lipinski definition) is 6. The smallest absolute Gasteiger partial charge is 0.250 e. The first-order valence-corrected chi connectivity index (χ1v) is 16.8. The standard InChI is InChI=1S/C39H49N5O2/c1-5-27(2)24-35(40)37-38(41-4)28(3)34(30-21-23-44(26-30)36(45)16-11-22-42-31-12-9-10-13-31)25-43-39(37)29-17-19-33(20-18-29)46-32-14-7-6-8-15-32/h6-8,11,14-21,23,28,30-31,34,42H,2,5,9-10,12-13,22,24-26,40H2,1,3-4H3/b16-11+,37-35-,41-38?. The number of hydrogen-bond donors (Lipinski definition) is 2. The van der Waals surface area contributed by atoms with Crippen LogP contribution in [0.15, 0.2) is 112 Å². The fraction of sp³-hybridized carbons (Fsp3) is 0.410. The maximum Gasteiger partial charge on any atom is 0.250 e. The Hall–Kier alpha value is -4.23. The number of nitrogens with one attached hydrogen (secondary N) is 1. The number of amides is 1. The molecule has 5 rings (SSSR count). The fourth-order valence-electron chi connectivity index (χ4n) is 6.77. The van der Waals surface area contributed by atoms with E-state index in [1.165, 1.54) is 25.7 Å². The Balaban J connectivity index is 1.36. The summed E-state index contributed by atoms with van der Waals surface area (Å²) < 4.78 is 6.05. The molecule has 2 heterocycles. The fourth-order valence-corrected chi connectivity index (χ4v) is 6.77. The van der Waals surface area contributed by atoms with Crippen molar-refractivity contribution in [3.63, 3.8) is 0 Å². The van der Waals surface area contributed by atoms with E-state index in [9.17, 15) is 4.79 Å². The molecule has 0 radical (unpaired) electrons. The highest BCUT2D eigenvalue weighted by molar-refractivity contribution is 6.31. The predicted molar refractivity (Wildman–Crippen MR) is 189 cm³/mol. The van der Waals surface area contributed by atoms with Gasteiger partial charge < -0.3 is 20.7 Å². The predicted octanol–water partition coefficient (Wildman–Crippen LogP) is 7.23. The number of allylic oxidation sites excluding steroid dienone is 2. The number of benzene rings is 2. The lowest BCUT2D eigenvalue weighted by molar-refractivity contribution is -0.123. The van der Waals surface area contributed by atoms with Gasteiger partial charge in [0.1, 0.15) is 11.5 Å². The topological polar surface area (TPSA) is 92.3 Å². The molecule has 3 unspecified atom stereocenters. The molecule has 0 aromatic heterocycles. The van der Waals surface area contributed by atoms with E-state index in [0.29, 0.717) is 25.6 Å². The Morgan fingerprint density at radius 2 is 1.85 bits per heavy atom. The molecule has 2 aromatic rings. The zero-order valence-corrected chi connectivity index (χ0v) is 27.6. The molecule has 1 saturated carbocycles. The van der Waals surface area contributed by atoms with Crippen molar-refractivity contribution in [1.29, 1.82) is 0 Å². The normalized spacial score (nSPS) is 24.0. The molecule has 0 saturated heterocycles. The molecule has 1 amide bonds. The van der Waals surface area contributed by atoms with Crippen molar-refractivity contribution in [2.45, 2.75) is 58.4 Å². The van der Waals surface area contributed by atoms with Crippen molar-refractivity contribution in [1.82, 2.24) is 10.2 Å². The Morgan fingerprint density at radius 1 is 1.13 bits per heavy atom. The molecule has 7 nitrogen and oxygen atoms in total. The summed E-state index contributed by atoms with van der Waals surface area (Å²) in [6, 6.07) is 18.4. The number of nitrogens with two attached hydrogens (primary N) is 1. The second kappa shape index (κ2) is 15.9. The number of carbonyl (C=O) groups excluding carboxylic acids is 1. The van der Waals surface area contributed by atoms with Gasteiger partial charge in [-0.05, 0) is 61.6 Å². The van der Waals surface area contributed by atoms with E-state index in [1.54, 1.807) is 6.08 Å². The summed E-state index contributed by atoms with van der Waals surface area (Å²) in [7, 11) is 1.84. The highest BCUT2D eigenvalue weighted by Gasteiger charge is 2.37. The molecular formula is C39H49N5O2. The first kappa shape index (κ1) is 33.1. The zero-order valence-electron chi connectivity index (χ0n) is 27.6. The van der Waals surface area contributed by atoms with Gasteiger partial charge in [-0.25, -0.2) is 0 Å². The van der Waals surface area contributed by atoms with Crippen LogP contribution in [0.1, 0.15) is 57.9 Å². The molecule has 1 fully saturated rings. The number of ether oxygens (including phenoxy) is 1. The SMILES string of the molecule is C=C(CC)C/C(N)=C1/C(c2ccc(Oc3ccccc3)cc2)=NCC(C2C=CN(C(=O)/C=C/CNC3CCCC3)C2)C(C)C1=NC. The van der Waals surface area contributed by atoms with Gasteiger partial charge in [-0.1, -0.05) is 69.2 Å². The van der Waals surface area contributed by atoms with Crippen LogP contribution in [0.2, 0.25) is 0 Å². The summed E-state index contributed by atoms with van der Waals surface area (Å²) in [4.78, 5) is 25.0. The zero-order chi connectivity index (χ0) is 32.5. The lowest BCUT2D eigenvalue weighted by Crippen LogP contribution is -2.34. The van der Waals surface area contributed by atoms with Crippen molar-refractivity contribution < 1.29 is 9.53 Å². The largest absolute Gasteiger partial charge is 0.457 e. The van der Waals surface area contributed by atoms with Crippen molar-refractivity contribution in [2.75, 3.05) is 26.7 Å². The Morgan fingerprint density at radius 3 is 2.54 bits per heavy atom. The van der Waals surface area contributed by atoms with E-state index in [2.05, 4.69) is 31.8 Å². The van der Waals surface area contributed by atoms with Gasteiger partial charge in [0.2, 0.25) is 5.91 Å². The third-order valence-corrected chi connectivity index (χ3v) is 9.53. The van der Waals surface area contributed by atoms with Gasteiger partial charge in [0.25, 0.3) is 0 Å². The van der Waals surface area contributed by atoms with E-state index in [0.717, 1.165) is 58.3 Å². The van der Waals surface area contributed by atoms with Crippen molar-refractivity contribution >= 4 is 17.3 Å². The van der Waals surface area contributed by atoms with Gasteiger partial charge in [-0.3, -0.25) is 14.8 Å². The Labute approximate surface area is 274 Å². The average Bonchev–Trinajstić information content (AvgIpc) is 3.75. The van der Waals surface area contributed by atoms with E-state index in [4.69, 9.17) is 20.5 Å². The molecule has 3 atom stereocenters. The highest BCUT2D eigenvalue weighted by atomic mass is 16.5. The minimum absolute atomic E-state index is 0.0162. The summed E-state index contributed by atoms with van der Waals surface area (Å²) in [5.74, 6) is 1.93. The minimum atomic E-state index is 0.0162. The summed E-state index contributed by atoms with van der Waals surface area (Å²) in [6.45, 7) is 10.5. The monoisotopic (exact) mass is 619 g/mol. The number of aliphatic imine (C=N–C) groups is 2. The molecule has 0 bridgehead atoms. The molecule has 0 spiro atoms. The van der Waals surface area contributed by atoms with E-state index < -0.39 is 0 Å². The molecule has 46 heavy (non-hydrogen) atoms. The van der Waals surface area contributed by atoms with Crippen LogP contribution in [-0.2, 0) is 4.79 Å². The van der Waals surface area contributed by atoms with Crippen LogP contribution in [0.4, 0.5) is 0 Å². The summed E-state index contributed by atoms with van der Waals surface area (Å²) >= 11 is 0. The number of carbonyl (C=O) groups is 1. The highest BCUT2D eigenvalue weighted by Crippen LogP contribution is 2.35. The second-order valence-electron chi connectivity index (χ2n) is 12.7. The van der Waals surface area contributed by atoms with Crippen LogP contribution in [0.3, 0.4) is 0 Å². The van der Waals surface area contributed by atoms with Gasteiger partial charge in [0, 0.05) is 85.8 Å². The van der Waals surface area contributed by atoms with Crippen LogP contribution in [-0.4, -0.2) is 55.0 Å². The van der Waals surface area contributed by atoms with E-state index in [1.807, 2.05) is 78.8 Å². The molecule has 242 valence electrons. The van der Waals surface area contributed by atoms with Gasteiger partial charge in [-0.15, -0.1) is 0 Å². The quantitative estimate of drug-likeness (QED) is 0.205. The van der Waals surface area contributed by atoms with Gasteiger partial charge in [-0.2, -0.15) is 0 Å². The first-order chi connectivity index (χ1) is 22.4. The number of nitrogens with zero attached hydrogens (tertiary/aromatic N) is 3. The molecule has 3 N–H and O–H groups in total. The Kier molecular flexibility index (Phi) is 11.4. The van der Waals surface area contributed by atoms with Gasteiger partial charge in [0.05, 0.1) is 5.71 Å². The third kappa shape index (κ3) is 8.13. The first-order valence-electron chi connectivity index (χ1n) is 16.8. The Bertz CT molecular complexity index is 1510. The van der Waals surface area contributed by atoms with Crippen LogP contribution in [0.5, 0.6) is 11.5 Å². The molecule has 3 aliphatic rings. The van der Waals surface area contributed by atoms with Crippen molar-refractivity contribution in [3.05, 3.63) is 108 Å². The van der Waals surface area contributed by atoms with E-state index >= 15 is 0 Å². The molecule has 7 heteroatoms. The van der Waals surface area contributed by atoms with Gasteiger partial charge >= 0.3 is 0 Å². The molecule has 1 aliphatic carbocycles. The number of rotatable bonds is 11. The van der Waals surface area contributed by atoms with Crippen LogP contribution in [0.25, 0.3) is 0 Å². The summed E-state index contributed by atoms with van der Waals surface area (Å²) in [5, 5.41) is 3.54. The van der Waals surface area contributed by atoms with Crippen molar-refractivity contribution in [3.8, 4) is 11.5 Å². The summed E-state index contributed by atoms with van der Waals surface area (Å²) in [5.41, 5.74) is 12.3. The van der Waals surface area contributed by atoms with Crippen molar-refractivity contribution in [2.24, 2.45) is 33.5 Å². The number of para-hydroxylation sites is 1. The molecule has 2 aliphatic heterocycles. The lowest BCUT2D eigenvalue weighted by atomic mass is 9.78. The third-order valence-electron chi connectivity index (χ3n) is 9.53. The second-order valence-corrected chi connectivity index (χ2v) is 12.7. The maximum absolute atomic E-state index is 13.1. The van der Waals surface area contributed by atoms with Crippen LogP contribution >= 0.6 is 0 Å².